The Labute approximate surface area is 129 Å². The highest BCUT2D eigenvalue weighted by molar-refractivity contribution is 6.02. The molecule has 0 radical (unpaired) electrons. The summed E-state index contributed by atoms with van der Waals surface area (Å²) in [7, 11) is 3.13. The van der Waals surface area contributed by atoms with E-state index in [2.05, 4.69) is 5.32 Å². The van der Waals surface area contributed by atoms with Crippen molar-refractivity contribution in [2.24, 2.45) is 0 Å². The van der Waals surface area contributed by atoms with Crippen LogP contribution in [0, 0.1) is 13.8 Å². The van der Waals surface area contributed by atoms with E-state index in [0.29, 0.717) is 22.9 Å². The number of methoxy groups -OCH3 is 2. The number of amides is 1. The van der Waals surface area contributed by atoms with Crippen LogP contribution >= 0.6 is 0 Å². The number of ether oxygens (including phenoxy) is 2. The van der Waals surface area contributed by atoms with Gasteiger partial charge in [-0.3, -0.25) is 4.79 Å². The summed E-state index contributed by atoms with van der Waals surface area (Å²) in [5.74, 6) is 2.38. The summed E-state index contributed by atoms with van der Waals surface area (Å²) in [6.45, 7) is 3.74. The fourth-order valence-corrected chi connectivity index (χ4v) is 1.99. The topological polar surface area (TPSA) is 60.7 Å². The predicted molar refractivity (Wildman–Crippen MR) is 85.4 cm³/mol. The SMILES string of the molecule is COc1cc(C)c(NC(=O)/C=C/c2ccc(C)o2)cc1OC. The minimum Gasteiger partial charge on any atom is -0.493 e. The van der Waals surface area contributed by atoms with Crippen molar-refractivity contribution in [1.82, 2.24) is 0 Å². The van der Waals surface area contributed by atoms with Gasteiger partial charge >= 0.3 is 0 Å². The maximum atomic E-state index is 12.0. The van der Waals surface area contributed by atoms with Gasteiger partial charge in [0.15, 0.2) is 11.5 Å². The number of carbonyl (C=O) groups excluding carboxylic acids is 1. The maximum Gasteiger partial charge on any atom is 0.248 e. The van der Waals surface area contributed by atoms with Gasteiger partial charge in [0.05, 0.1) is 14.2 Å². The molecule has 0 unspecified atom stereocenters. The van der Waals surface area contributed by atoms with E-state index in [4.69, 9.17) is 13.9 Å². The molecule has 0 aliphatic heterocycles. The minimum absolute atomic E-state index is 0.246. The minimum atomic E-state index is -0.246. The van der Waals surface area contributed by atoms with Crippen molar-refractivity contribution in [3.8, 4) is 11.5 Å². The normalized spacial score (nSPS) is 10.7. The molecule has 1 N–H and O–H groups in total. The molecule has 0 fully saturated rings. The molecule has 5 nitrogen and oxygen atoms in total. The second-order valence-electron chi connectivity index (χ2n) is 4.79. The lowest BCUT2D eigenvalue weighted by Gasteiger charge is -2.12. The third-order valence-electron chi connectivity index (χ3n) is 3.15. The highest BCUT2D eigenvalue weighted by atomic mass is 16.5. The molecule has 0 atom stereocenters. The summed E-state index contributed by atoms with van der Waals surface area (Å²) in [6, 6.07) is 7.20. The Bertz CT molecular complexity index is 701. The zero-order chi connectivity index (χ0) is 16.1. The van der Waals surface area contributed by atoms with E-state index in [1.165, 1.54) is 6.08 Å². The van der Waals surface area contributed by atoms with Crippen molar-refractivity contribution in [3.05, 3.63) is 47.4 Å². The van der Waals surface area contributed by atoms with Gasteiger partial charge in [0.25, 0.3) is 0 Å². The van der Waals surface area contributed by atoms with E-state index in [-0.39, 0.29) is 5.91 Å². The summed E-state index contributed by atoms with van der Waals surface area (Å²) in [4.78, 5) is 12.0. The second kappa shape index (κ2) is 6.85. The first-order chi connectivity index (χ1) is 10.5. The summed E-state index contributed by atoms with van der Waals surface area (Å²) >= 11 is 0. The summed E-state index contributed by atoms with van der Waals surface area (Å²) in [5, 5.41) is 2.81. The molecule has 1 aromatic heterocycles. The third-order valence-corrected chi connectivity index (χ3v) is 3.15. The molecule has 0 saturated heterocycles. The summed E-state index contributed by atoms with van der Waals surface area (Å²) in [6.07, 6.45) is 3.05. The number of carbonyl (C=O) groups is 1. The van der Waals surface area contributed by atoms with Gasteiger partial charge in [-0.25, -0.2) is 0 Å². The number of hydrogen-bond donors (Lipinski definition) is 1. The van der Waals surface area contributed by atoms with E-state index in [0.717, 1.165) is 11.3 Å². The van der Waals surface area contributed by atoms with E-state index < -0.39 is 0 Å². The molecular weight excluding hydrogens is 282 g/mol. The van der Waals surface area contributed by atoms with Crippen molar-refractivity contribution >= 4 is 17.7 Å². The molecule has 1 heterocycles. The number of aryl methyl sites for hydroxylation is 2. The van der Waals surface area contributed by atoms with Gasteiger partial charge in [0, 0.05) is 17.8 Å². The van der Waals surface area contributed by atoms with Crippen LogP contribution in [0.3, 0.4) is 0 Å². The Hall–Kier alpha value is -2.69. The fourth-order valence-electron chi connectivity index (χ4n) is 1.99. The Balaban J connectivity index is 2.12. The predicted octanol–water partition coefficient (Wildman–Crippen LogP) is 3.57. The summed E-state index contributed by atoms with van der Waals surface area (Å²) in [5.41, 5.74) is 1.55. The number of furan rings is 1. The zero-order valence-corrected chi connectivity index (χ0v) is 13.1. The van der Waals surface area contributed by atoms with Crippen molar-refractivity contribution in [1.29, 1.82) is 0 Å². The average molecular weight is 301 g/mol. The molecule has 5 heteroatoms. The quantitative estimate of drug-likeness (QED) is 0.858. The third kappa shape index (κ3) is 3.69. The molecule has 0 saturated carbocycles. The molecule has 0 aliphatic rings. The van der Waals surface area contributed by atoms with Gasteiger partial charge in [0.2, 0.25) is 5.91 Å². The largest absolute Gasteiger partial charge is 0.493 e. The van der Waals surface area contributed by atoms with Crippen LogP contribution in [-0.2, 0) is 4.79 Å². The number of nitrogens with one attached hydrogen (secondary N) is 1. The van der Waals surface area contributed by atoms with Crippen LogP contribution in [0.15, 0.2) is 34.8 Å². The lowest BCUT2D eigenvalue weighted by atomic mass is 10.1. The van der Waals surface area contributed by atoms with Crippen molar-refractivity contribution in [2.45, 2.75) is 13.8 Å². The lowest BCUT2D eigenvalue weighted by Crippen LogP contribution is -2.09. The van der Waals surface area contributed by atoms with Gasteiger partial charge in [-0.2, -0.15) is 0 Å². The first-order valence-electron chi connectivity index (χ1n) is 6.81. The first-order valence-corrected chi connectivity index (χ1v) is 6.81. The zero-order valence-electron chi connectivity index (χ0n) is 13.1. The van der Waals surface area contributed by atoms with Crippen molar-refractivity contribution in [2.75, 3.05) is 19.5 Å². The van der Waals surface area contributed by atoms with Crippen molar-refractivity contribution < 1.29 is 18.7 Å². The Morgan fingerprint density at radius 2 is 1.82 bits per heavy atom. The number of rotatable bonds is 5. The van der Waals surface area contributed by atoms with Crippen LogP contribution in [-0.4, -0.2) is 20.1 Å². The molecular formula is C17H19NO4. The van der Waals surface area contributed by atoms with E-state index in [9.17, 15) is 4.79 Å². The Morgan fingerprint density at radius 3 is 2.41 bits per heavy atom. The molecule has 1 amide bonds. The van der Waals surface area contributed by atoms with Gasteiger partial charge in [-0.1, -0.05) is 0 Å². The fraction of sp³-hybridized carbons (Fsp3) is 0.235. The average Bonchev–Trinajstić information content (AvgIpc) is 2.92. The van der Waals surface area contributed by atoms with Crippen LogP contribution in [0.5, 0.6) is 11.5 Å². The molecule has 116 valence electrons. The van der Waals surface area contributed by atoms with Crippen LogP contribution in [0.25, 0.3) is 6.08 Å². The Kier molecular flexibility index (Phi) is 4.88. The van der Waals surface area contributed by atoms with Crippen LogP contribution in [0.4, 0.5) is 5.69 Å². The van der Waals surface area contributed by atoms with Gasteiger partial charge in [-0.15, -0.1) is 0 Å². The molecule has 22 heavy (non-hydrogen) atoms. The monoisotopic (exact) mass is 301 g/mol. The molecule has 2 aromatic rings. The van der Waals surface area contributed by atoms with E-state index in [1.807, 2.05) is 26.0 Å². The standard InChI is InChI=1S/C17H19NO4/c1-11-9-15(20-3)16(21-4)10-14(11)18-17(19)8-7-13-6-5-12(2)22-13/h5-10H,1-4H3,(H,18,19)/b8-7+. The van der Waals surface area contributed by atoms with Crippen LogP contribution < -0.4 is 14.8 Å². The van der Waals surface area contributed by atoms with E-state index in [1.54, 1.807) is 32.4 Å². The lowest BCUT2D eigenvalue weighted by molar-refractivity contribution is -0.111. The second-order valence-corrected chi connectivity index (χ2v) is 4.79. The summed E-state index contributed by atoms with van der Waals surface area (Å²) < 4.78 is 15.8. The van der Waals surface area contributed by atoms with Crippen LogP contribution in [0.2, 0.25) is 0 Å². The Morgan fingerprint density at radius 1 is 1.14 bits per heavy atom. The molecule has 0 spiro atoms. The molecule has 2 rings (SSSR count). The number of benzene rings is 1. The molecule has 0 aliphatic carbocycles. The highest BCUT2D eigenvalue weighted by Crippen LogP contribution is 2.32. The highest BCUT2D eigenvalue weighted by Gasteiger charge is 2.10. The molecule has 0 bridgehead atoms. The number of hydrogen-bond acceptors (Lipinski definition) is 4. The van der Waals surface area contributed by atoms with Crippen LogP contribution in [0.1, 0.15) is 17.1 Å². The molecule has 1 aromatic carbocycles. The first kappa shape index (κ1) is 15.7. The van der Waals surface area contributed by atoms with Crippen molar-refractivity contribution in [3.63, 3.8) is 0 Å². The van der Waals surface area contributed by atoms with Gasteiger partial charge in [0.1, 0.15) is 11.5 Å². The van der Waals surface area contributed by atoms with Gasteiger partial charge < -0.3 is 19.2 Å². The maximum absolute atomic E-state index is 12.0. The van der Waals surface area contributed by atoms with E-state index >= 15 is 0 Å². The van der Waals surface area contributed by atoms with Gasteiger partial charge in [-0.05, 0) is 43.7 Å². The number of anilines is 1. The smallest absolute Gasteiger partial charge is 0.248 e.